The summed E-state index contributed by atoms with van der Waals surface area (Å²) in [7, 11) is 1.61. The highest BCUT2D eigenvalue weighted by molar-refractivity contribution is 5.79. The van der Waals surface area contributed by atoms with Crippen LogP contribution in [-0.4, -0.2) is 80.2 Å². The molecule has 0 aliphatic carbocycles. The molecule has 3 aliphatic rings. The van der Waals surface area contributed by atoms with E-state index < -0.39 is 0 Å². The van der Waals surface area contributed by atoms with Gasteiger partial charge in [0.1, 0.15) is 24.8 Å². The van der Waals surface area contributed by atoms with Gasteiger partial charge < -0.3 is 19.1 Å². The van der Waals surface area contributed by atoms with E-state index in [1.807, 2.05) is 17.0 Å². The van der Waals surface area contributed by atoms with Gasteiger partial charge >= 0.3 is 0 Å². The molecule has 2 aromatic carbocycles. The van der Waals surface area contributed by atoms with Crippen molar-refractivity contribution in [3.63, 3.8) is 0 Å². The highest BCUT2D eigenvalue weighted by Gasteiger charge is 2.32. The topological polar surface area (TPSA) is 54.5 Å². The lowest BCUT2D eigenvalue weighted by atomic mass is 10.0. The Morgan fingerprint density at radius 1 is 1.00 bits per heavy atom. The maximum Gasteiger partial charge on any atom is 0.237 e. The van der Waals surface area contributed by atoms with Crippen LogP contribution in [0, 0.1) is 5.82 Å². The molecule has 1 atom stereocenters. The molecule has 34 heavy (non-hydrogen) atoms. The smallest absolute Gasteiger partial charge is 0.237 e. The summed E-state index contributed by atoms with van der Waals surface area (Å²) in [4.78, 5) is 19.8. The van der Waals surface area contributed by atoms with Crippen molar-refractivity contribution >= 4 is 5.91 Å². The predicted octanol–water partition coefficient (Wildman–Crippen LogP) is 3.09. The van der Waals surface area contributed by atoms with Crippen molar-refractivity contribution in [1.82, 2.24) is 14.7 Å². The molecule has 1 amide bonds. The summed E-state index contributed by atoms with van der Waals surface area (Å²) in [6.45, 7) is 6.27. The second-order valence-electron chi connectivity index (χ2n) is 9.16. The second-order valence-corrected chi connectivity index (χ2v) is 9.16. The number of fused-ring (bicyclic) bond motifs is 1. The van der Waals surface area contributed by atoms with Gasteiger partial charge in [-0.25, -0.2) is 4.39 Å². The number of carbonyl (C=O) groups is 1. The summed E-state index contributed by atoms with van der Waals surface area (Å²) in [5, 5.41) is 0. The number of methoxy groups -OCH3 is 1. The first-order chi connectivity index (χ1) is 16.6. The molecule has 0 bridgehead atoms. The number of hydrogen-bond acceptors (Lipinski definition) is 6. The van der Waals surface area contributed by atoms with E-state index >= 15 is 0 Å². The maximum absolute atomic E-state index is 13.7. The van der Waals surface area contributed by atoms with Gasteiger partial charge in [0, 0.05) is 44.8 Å². The Balaban J connectivity index is 1.16. The molecule has 0 N–H and O–H groups in total. The Labute approximate surface area is 200 Å². The summed E-state index contributed by atoms with van der Waals surface area (Å²) in [5.41, 5.74) is 1.97. The number of piperazine rings is 1. The van der Waals surface area contributed by atoms with Gasteiger partial charge in [-0.05, 0) is 48.7 Å². The first-order valence-corrected chi connectivity index (χ1v) is 12.1. The van der Waals surface area contributed by atoms with Crippen molar-refractivity contribution < 1.29 is 23.4 Å². The lowest BCUT2D eigenvalue weighted by Crippen LogP contribution is -2.49. The van der Waals surface area contributed by atoms with Gasteiger partial charge in [0.05, 0.1) is 19.7 Å². The third-order valence-electron chi connectivity index (χ3n) is 6.98. The van der Waals surface area contributed by atoms with Gasteiger partial charge in [-0.2, -0.15) is 0 Å². The third kappa shape index (κ3) is 4.98. The zero-order valence-electron chi connectivity index (χ0n) is 19.7. The maximum atomic E-state index is 13.7. The van der Waals surface area contributed by atoms with E-state index in [2.05, 4.69) is 15.9 Å². The zero-order chi connectivity index (χ0) is 23.5. The van der Waals surface area contributed by atoms with Crippen LogP contribution < -0.4 is 14.2 Å². The summed E-state index contributed by atoms with van der Waals surface area (Å²) < 4.78 is 30.5. The minimum absolute atomic E-state index is 0.0880. The third-order valence-corrected chi connectivity index (χ3v) is 6.98. The summed E-state index contributed by atoms with van der Waals surface area (Å²) in [6, 6.07) is 10.8. The summed E-state index contributed by atoms with van der Waals surface area (Å²) in [6.07, 6.45) is 1.97. The van der Waals surface area contributed by atoms with Gasteiger partial charge in [-0.15, -0.1) is 0 Å². The SMILES string of the molecule is COc1ccc(F)cc1CN1CCN(CC(=O)N2CCCC2c2ccc3c(c2)OCCO3)CC1. The van der Waals surface area contributed by atoms with Gasteiger partial charge in [-0.1, -0.05) is 6.07 Å². The number of benzene rings is 2. The van der Waals surface area contributed by atoms with E-state index in [0.717, 1.165) is 68.2 Å². The van der Waals surface area contributed by atoms with Gasteiger partial charge in [-0.3, -0.25) is 14.6 Å². The minimum Gasteiger partial charge on any atom is -0.496 e. The van der Waals surface area contributed by atoms with Gasteiger partial charge in [0.2, 0.25) is 5.91 Å². The Kier molecular flexibility index (Phi) is 6.87. The molecule has 8 heteroatoms. The first-order valence-electron chi connectivity index (χ1n) is 12.1. The number of halogens is 1. The molecular weight excluding hydrogens is 437 g/mol. The molecule has 182 valence electrons. The first kappa shape index (κ1) is 22.9. The fourth-order valence-electron chi connectivity index (χ4n) is 5.18. The van der Waals surface area contributed by atoms with Crippen LogP contribution in [0.5, 0.6) is 17.2 Å². The fraction of sp³-hybridized carbons (Fsp3) is 0.500. The molecule has 2 saturated heterocycles. The molecule has 2 aromatic rings. The number of hydrogen-bond donors (Lipinski definition) is 0. The van der Waals surface area contributed by atoms with Gasteiger partial charge in [0.15, 0.2) is 11.5 Å². The fourth-order valence-corrected chi connectivity index (χ4v) is 5.18. The van der Waals surface area contributed by atoms with Crippen molar-refractivity contribution in [2.75, 3.05) is 59.6 Å². The van der Waals surface area contributed by atoms with Crippen LogP contribution >= 0.6 is 0 Å². The molecule has 0 aromatic heterocycles. The highest BCUT2D eigenvalue weighted by atomic mass is 19.1. The van der Waals surface area contributed by atoms with E-state index in [-0.39, 0.29) is 17.8 Å². The van der Waals surface area contributed by atoms with Crippen LogP contribution in [0.25, 0.3) is 0 Å². The minimum atomic E-state index is -0.252. The Hall–Kier alpha value is -2.84. The van der Waals surface area contributed by atoms with Crippen LogP contribution in [0.3, 0.4) is 0 Å². The normalized spacial score (nSPS) is 21.0. The van der Waals surface area contributed by atoms with Gasteiger partial charge in [0.25, 0.3) is 0 Å². The molecule has 0 spiro atoms. The average molecular weight is 470 g/mol. The Morgan fingerprint density at radius 3 is 2.56 bits per heavy atom. The lowest BCUT2D eigenvalue weighted by Gasteiger charge is -2.36. The number of amides is 1. The van der Waals surface area contributed by atoms with Crippen molar-refractivity contribution in [2.45, 2.75) is 25.4 Å². The second kappa shape index (κ2) is 10.2. The Bertz CT molecular complexity index is 1030. The molecule has 5 rings (SSSR count). The average Bonchev–Trinajstić information content (AvgIpc) is 3.35. The lowest BCUT2D eigenvalue weighted by molar-refractivity contribution is -0.133. The molecule has 3 heterocycles. The molecule has 7 nitrogen and oxygen atoms in total. The van der Waals surface area contributed by atoms with E-state index in [9.17, 15) is 9.18 Å². The number of carbonyl (C=O) groups excluding carboxylic acids is 1. The highest BCUT2D eigenvalue weighted by Crippen LogP contribution is 2.38. The van der Waals surface area contributed by atoms with E-state index in [4.69, 9.17) is 14.2 Å². The zero-order valence-corrected chi connectivity index (χ0v) is 19.7. The largest absolute Gasteiger partial charge is 0.496 e. The van der Waals surface area contributed by atoms with E-state index in [0.29, 0.717) is 32.1 Å². The molecule has 1 unspecified atom stereocenters. The number of ether oxygens (including phenoxy) is 3. The van der Waals surface area contributed by atoms with E-state index in [1.54, 1.807) is 19.2 Å². The number of rotatable bonds is 6. The standard InChI is InChI=1S/C26H32FN3O4/c1-32-23-7-5-21(27)15-20(23)17-28-9-11-29(12-10-28)18-26(31)30-8-2-3-22(30)19-4-6-24-25(16-19)34-14-13-33-24/h4-7,15-16,22H,2-3,8-14,17-18H2,1H3. The van der Waals surface area contributed by atoms with E-state index in [1.165, 1.54) is 6.07 Å². The number of nitrogens with zero attached hydrogens (tertiary/aromatic N) is 3. The molecule has 3 aliphatic heterocycles. The van der Waals surface area contributed by atoms with Crippen LogP contribution in [0.1, 0.15) is 30.0 Å². The van der Waals surface area contributed by atoms with Crippen molar-refractivity contribution in [1.29, 1.82) is 0 Å². The van der Waals surface area contributed by atoms with Crippen LogP contribution in [0.2, 0.25) is 0 Å². The van der Waals surface area contributed by atoms with Crippen molar-refractivity contribution in [3.05, 3.63) is 53.3 Å². The predicted molar refractivity (Wildman–Crippen MR) is 126 cm³/mol. The monoisotopic (exact) mass is 469 g/mol. The van der Waals surface area contributed by atoms with Crippen LogP contribution in [0.15, 0.2) is 36.4 Å². The molecular formula is C26H32FN3O4. The summed E-state index contributed by atoms with van der Waals surface area (Å²) in [5.74, 6) is 2.18. The molecule has 2 fully saturated rings. The van der Waals surface area contributed by atoms with Crippen molar-refractivity contribution in [2.24, 2.45) is 0 Å². The van der Waals surface area contributed by atoms with Crippen LogP contribution in [0.4, 0.5) is 4.39 Å². The summed E-state index contributed by atoms with van der Waals surface area (Å²) >= 11 is 0. The van der Waals surface area contributed by atoms with Crippen molar-refractivity contribution in [3.8, 4) is 17.2 Å². The number of likely N-dealkylation sites (tertiary alicyclic amines) is 1. The Morgan fingerprint density at radius 2 is 1.76 bits per heavy atom. The molecule has 0 radical (unpaired) electrons. The molecule has 0 saturated carbocycles. The quantitative estimate of drug-likeness (QED) is 0.648. The van der Waals surface area contributed by atoms with Crippen LogP contribution in [-0.2, 0) is 11.3 Å².